The van der Waals surface area contributed by atoms with E-state index in [2.05, 4.69) is 5.10 Å². The van der Waals surface area contributed by atoms with Crippen LogP contribution in [0.25, 0.3) is 0 Å². The fourth-order valence-corrected chi connectivity index (χ4v) is 2.66. The van der Waals surface area contributed by atoms with E-state index in [4.69, 9.17) is 25.2 Å². The van der Waals surface area contributed by atoms with Crippen molar-refractivity contribution in [3.63, 3.8) is 0 Å². The number of hydrogen-bond donors (Lipinski definition) is 2. The van der Waals surface area contributed by atoms with Crippen molar-refractivity contribution in [1.29, 1.82) is 5.26 Å². The molecule has 1 aromatic heterocycles. The quantitative estimate of drug-likeness (QED) is 0.767. The number of anilines is 1. The van der Waals surface area contributed by atoms with Crippen molar-refractivity contribution < 1.29 is 19.3 Å². The summed E-state index contributed by atoms with van der Waals surface area (Å²) in [7, 11) is 0. The smallest absolute Gasteiger partial charge is 0.181 e. The molecule has 108 valence electrons. The summed E-state index contributed by atoms with van der Waals surface area (Å²) >= 11 is 0. The predicted octanol–water partition coefficient (Wildman–Crippen LogP) is -0.253. The number of ether oxygens (including phenoxy) is 3. The Morgan fingerprint density at radius 1 is 1.50 bits per heavy atom. The van der Waals surface area contributed by atoms with E-state index in [-0.39, 0.29) is 18.0 Å². The zero-order valence-electron chi connectivity index (χ0n) is 11.2. The standard InChI is InChI=1S/C12H16N4O4/c1-12(2)19-8-7(5-17)18-11(9(8)20-12)16-10(14)6(3-13)4-15-16/h4,7-9,11,17H,5,14H2,1-2H3/t7-,8-,9-,11-/m0/s1. The molecule has 2 saturated heterocycles. The van der Waals surface area contributed by atoms with Gasteiger partial charge < -0.3 is 25.1 Å². The average Bonchev–Trinajstić information content (AvgIpc) is 3.00. The summed E-state index contributed by atoms with van der Waals surface area (Å²) in [5.74, 6) is -0.548. The minimum absolute atomic E-state index is 0.191. The van der Waals surface area contributed by atoms with Crippen molar-refractivity contribution >= 4 is 5.82 Å². The third-order valence-electron chi connectivity index (χ3n) is 3.50. The number of nitrogen functional groups attached to an aromatic ring is 1. The Balaban J connectivity index is 1.94. The Kier molecular flexibility index (Phi) is 2.95. The molecule has 1 aromatic rings. The van der Waals surface area contributed by atoms with Gasteiger partial charge in [-0.25, -0.2) is 4.68 Å². The molecule has 0 aliphatic carbocycles. The molecular weight excluding hydrogens is 264 g/mol. The zero-order valence-corrected chi connectivity index (χ0v) is 11.2. The predicted molar refractivity (Wildman–Crippen MR) is 66.2 cm³/mol. The van der Waals surface area contributed by atoms with Crippen LogP contribution in [0.1, 0.15) is 25.6 Å². The second kappa shape index (κ2) is 4.43. The lowest BCUT2D eigenvalue weighted by molar-refractivity contribution is -0.201. The van der Waals surface area contributed by atoms with Crippen molar-refractivity contribution in [3.05, 3.63) is 11.8 Å². The lowest BCUT2D eigenvalue weighted by atomic mass is 10.1. The van der Waals surface area contributed by atoms with Gasteiger partial charge in [-0.3, -0.25) is 0 Å². The number of nitriles is 1. The Hall–Kier alpha value is -1.66. The highest BCUT2D eigenvalue weighted by Crippen LogP contribution is 2.43. The minimum Gasteiger partial charge on any atom is -0.394 e. The number of nitrogens with zero attached hydrogens (tertiary/aromatic N) is 3. The van der Waals surface area contributed by atoms with Gasteiger partial charge in [0.2, 0.25) is 0 Å². The molecule has 3 rings (SSSR count). The molecule has 0 saturated carbocycles. The molecule has 0 bridgehead atoms. The maximum Gasteiger partial charge on any atom is 0.181 e. The maximum absolute atomic E-state index is 9.39. The van der Waals surface area contributed by atoms with Crippen molar-refractivity contribution in [1.82, 2.24) is 9.78 Å². The second-order valence-electron chi connectivity index (χ2n) is 5.31. The molecule has 3 heterocycles. The van der Waals surface area contributed by atoms with Gasteiger partial charge in [-0.15, -0.1) is 0 Å². The molecule has 4 atom stereocenters. The number of rotatable bonds is 2. The van der Waals surface area contributed by atoms with Crippen LogP contribution in [0, 0.1) is 11.3 Å². The Morgan fingerprint density at radius 3 is 2.80 bits per heavy atom. The molecule has 0 unspecified atom stereocenters. The lowest BCUT2D eigenvalue weighted by Gasteiger charge is -2.24. The average molecular weight is 280 g/mol. The molecule has 8 heteroatoms. The van der Waals surface area contributed by atoms with Crippen LogP contribution >= 0.6 is 0 Å². The topological polar surface area (TPSA) is 116 Å². The molecule has 3 N–H and O–H groups in total. The van der Waals surface area contributed by atoms with Crippen LogP contribution < -0.4 is 5.73 Å². The lowest BCUT2D eigenvalue weighted by Crippen LogP contribution is -2.31. The van der Waals surface area contributed by atoms with Gasteiger partial charge in [-0.2, -0.15) is 10.4 Å². The first-order valence-electron chi connectivity index (χ1n) is 6.32. The minimum atomic E-state index is -0.759. The largest absolute Gasteiger partial charge is 0.394 e. The third kappa shape index (κ3) is 1.87. The fourth-order valence-electron chi connectivity index (χ4n) is 2.66. The Labute approximate surface area is 115 Å². The van der Waals surface area contributed by atoms with Crippen molar-refractivity contribution in [2.45, 2.75) is 44.2 Å². The molecular formula is C12H16N4O4. The van der Waals surface area contributed by atoms with E-state index >= 15 is 0 Å². The van der Waals surface area contributed by atoms with Crippen molar-refractivity contribution in [2.75, 3.05) is 12.3 Å². The van der Waals surface area contributed by atoms with E-state index < -0.39 is 30.3 Å². The highest BCUT2D eigenvalue weighted by molar-refractivity contribution is 5.47. The van der Waals surface area contributed by atoms with Crippen LogP contribution in [-0.4, -0.2) is 45.6 Å². The molecule has 8 nitrogen and oxygen atoms in total. The van der Waals surface area contributed by atoms with Gasteiger partial charge in [0, 0.05) is 0 Å². The van der Waals surface area contributed by atoms with Crippen molar-refractivity contribution in [3.8, 4) is 6.07 Å². The summed E-state index contributed by atoms with van der Waals surface area (Å²) in [6.45, 7) is 3.40. The molecule has 0 aromatic carbocycles. The number of aliphatic hydroxyl groups excluding tert-OH is 1. The first kappa shape index (κ1) is 13.3. The van der Waals surface area contributed by atoms with E-state index in [1.54, 1.807) is 13.8 Å². The summed E-state index contributed by atoms with van der Waals surface area (Å²) in [5.41, 5.74) is 6.14. The van der Waals surface area contributed by atoms with Crippen molar-refractivity contribution in [2.24, 2.45) is 0 Å². The summed E-state index contributed by atoms with van der Waals surface area (Å²) < 4.78 is 18.7. The second-order valence-corrected chi connectivity index (χ2v) is 5.31. The molecule has 0 amide bonds. The van der Waals surface area contributed by atoms with Gasteiger partial charge in [-0.05, 0) is 13.8 Å². The summed E-state index contributed by atoms with van der Waals surface area (Å²) in [4.78, 5) is 0. The Morgan fingerprint density at radius 2 is 2.20 bits per heavy atom. The van der Waals surface area contributed by atoms with Gasteiger partial charge in [-0.1, -0.05) is 0 Å². The van der Waals surface area contributed by atoms with Crippen LogP contribution in [0.5, 0.6) is 0 Å². The maximum atomic E-state index is 9.39. The summed E-state index contributed by atoms with van der Waals surface area (Å²) in [6.07, 6.45) is -0.590. The monoisotopic (exact) mass is 280 g/mol. The van der Waals surface area contributed by atoms with E-state index in [0.29, 0.717) is 0 Å². The molecule has 20 heavy (non-hydrogen) atoms. The van der Waals surface area contributed by atoms with E-state index in [1.165, 1.54) is 10.9 Å². The van der Waals surface area contributed by atoms with E-state index in [1.807, 2.05) is 6.07 Å². The SMILES string of the molecule is CC1(C)O[C@@H]2[C@H](O1)[C@@H](n1ncc(C#N)c1N)O[C@H]2CO. The van der Waals surface area contributed by atoms with Crippen LogP contribution in [0.3, 0.4) is 0 Å². The molecule has 0 spiro atoms. The van der Waals surface area contributed by atoms with Crippen LogP contribution in [-0.2, 0) is 14.2 Å². The van der Waals surface area contributed by atoms with Gasteiger partial charge in [0.25, 0.3) is 0 Å². The first-order valence-corrected chi connectivity index (χ1v) is 6.32. The Bertz CT molecular complexity index is 564. The first-order chi connectivity index (χ1) is 9.46. The van der Waals surface area contributed by atoms with Crippen LogP contribution in [0.4, 0.5) is 5.82 Å². The normalized spacial score (nSPS) is 34.9. The molecule has 2 aliphatic rings. The molecule has 0 radical (unpaired) electrons. The van der Waals surface area contributed by atoms with E-state index in [9.17, 15) is 5.11 Å². The summed E-state index contributed by atoms with van der Waals surface area (Å²) in [6, 6.07) is 1.95. The number of aliphatic hydroxyl groups is 1. The van der Waals surface area contributed by atoms with Crippen LogP contribution in [0.15, 0.2) is 6.20 Å². The number of nitrogens with two attached hydrogens (primary N) is 1. The summed E-state index contributed by atoms with van der Waals surface area (Å²) in [5, 5.41) is 22.4. The zero-order chi connectivity index (χ0) is 14.5. The fraction of sp³-hybridized carbons (Fsp3) is 0.667. The van der Waals surface area contributed by atoms with Gasteiger partial charge in [0.05, 0.1) is 12.8 Å². The van der Waals surface area contributed by atoms with Crippen LogP contribution in [0.2, 0.25) is 0 Å². The molecule has 2 aliphatic heterocycles. The number of aromatic nitrogens is 2. The third-order valence-corrected chi connectivity index (χ3v) is 3.50. The van der Waals surface area contributed by atoms with Gasteiger partial charge in [0.1, 0.15) is 35.8 Å². The highest BCUT2D eigenvalue weighted by atomic mass is 16.8. The van der Waals surface area contributed by atoms with E-state index in [0.717, 1.165) is 0 Å². The van der Waals surface area contributed by atoms with Gasteiger partial charge >= 0.3 is 0 Å². The highest BCUT2D eigenvalue weighted by Gasteiger charge is 2.56. The molecule has 2 fully saturated rings. The number of fused-ring (bicyclic) bond motifs is 1. The number of hydrogen-bond acceptors (Lipinski definition) is 7. The van der Waals surface area contributed by atoms with Gasteiger partial charge in [0.15, 0.2) is 12.0 Å².